The van der Waals surface area contributed by atoms with Crippen molar-refractivity contribution in [3.63, 3.8) is 0 Å². The van der Waals surface area contributed by atoms with Gasteiger partial charge in [-0.3, -0.25) is 9.59 Å². The summed E-state index contributed by atoms with van der Waals surface area (Å²) in [4.78, 5) is 37.3. The van der Waals surface area contributed by atoms with E-state index in [0.717, 1.165) is 29.7 Å². The van der Waals surface area contributed by atoms with Crippen LogP contribution in [0.25, 0.3) is 0 Å². The number of nitrogens with zero attached hydrogens (tertiary/aromatic N) is 1. The van der Waals surface area contributed by atoms with Crippen LogP contribution in [0.1, 0.15) is 70.0 Å². The zero-order chi connectivity index (χ0) is 38.1. The van der Waals surface area contributed by atoms with Crippen LogP contribution in [0.5, 0.6) is 0 Å². The molecule has 0 saturated heterocycles. The Bertz CT molecular complexity index is 2030. The largest absolute Gasteiger partial charge is 0.469 e. The number of esters is 2. The molecule has 280 valence electrons. The van der Waals surface area contributed by atoms with E-state index in [0.29, 0.717) is 54.1 Å². The maximum atomic E-state index is 13.8. The predicted octanol–water partition coefficient (Wildman–Crippen LogP) is 8.17. The first-order valence-corrected chi connectivity index (χ1v) is 19.6. The highest BCUT2D eigenvalue weighted by Gasteiger charge is 2.35. The minimum Gasteiger partial charge on any atom is -0.469 e. The molecule has 0 spiro atoms. The van der Waals surface area contributed by atoms with Crippen LogP contribution in [0, 0.1) is 5.92 Å². The molecule has 0 aliphatic heterocycles. The number of halogens is 2. The number of amides is 1. The molecule has 0 atom stereocenters. The fourth-order valence-corrected chi connectivity index (χ4v) is 8.66. The van der Waals surface area contributed by atoms with Crippen molar-refractivity contribution in [2.45, 2.75) is 62.9 Å². The molecule has 0 aromatic heterocycles. The van der Waals surface area contributed by atoms with E-state index in [4.69, 9.17) is 32.7 Å². The zero-order valence-corrected chi connectivity index (χ0v) is 32.2. The van der Waals surface area contributed by atoms with Gasteiger partial charge in [-0.15, -0.1) is 0 Å². The number of carbonyl (C=O) groups is 3. The number of nitrogens with one attached hydrogen (secondary N) is 2. The van der Waals surface area contributed by atoms with Crippen molar-refractivity contribution < 1.29 is 32.3 Å². The zero-order valence-electron chi connectivity index (χ0n) is 29.9. The van der Waals surface area contributed by atoms with Gasteiger partial charge >= 0.3 is 11.9 Å². The average Bonchev–Trinajstić information content (AvgIpc) is 3.18. The van der Waals surface area contributed by atoms with Crippen LogP contribution in [0.3, 0.4) is 0 Å². The third kappa shape index (κ3) is 9.97. The second kappa shape index (κ2) is 18.1. The van der Waals surface area contributed by atoms with Crippen molar-refractivity contribution in [2.75, 3.05) is 31.4 Å². The van der Waals surface area contributed by atoms with E-state index in [9.17, 15) is 22.8 Å². The van der Waals surface area contributed by atoms with E-state index in [2.05, 4.69) is 10.6 Å². The Morgan fingerprint density at radius 2 is 1.42 bits per heavy atom. The van der Waals surface area contributed by atoms with Crippen molar-refractivity contribution in [2.24, 2.45) is 5.92 Å². The summed E-state index contributed by atoms with van der Waals surface area (Å²) in [6.07, 6.45) is 3.82. The van der Waals surface area contributed by atoms with Crippen LogP contribution in [-0.4, -0.2) is 57.4 Å². The van der Waals surface area contributed by atoms with Gasteiger partial charge in [-0.2, -0.15) is 4.31 Å². The minimum absolute atomic E-state index is 0.0121. The van der Waals surface area contributed by atoms with Crippen LogP contribution in [0.4, 0.5) is 11.4 Å². The molecule has 1 aliphatic rings. The summed E-state index contributed by atoms with van der Waals surface area (Å²) in [5.41, 5.74) is 4.90. The first kappa shape index (κ1) is 39.8. The van der Waals surface area contributed by atoms with Gasteiger partial charge in [-0.1, -0.05) is 60.5 Å². The monoisotopic (exact) mass is 779 g/mol. The molecular formula is C40H43Cl2N3O7S. The van der Waals surface area contributed by atoms with E-state index in [1.807, 2.05) is 36.4 Å². The summed E-state index contributed by atoms with van der Waals surface area (Å²) in [5, 5.41) is 6.84. The van der Waals surface area contributed by atoms with Crippen LogP contribution >= 0.6 is 23.2 Å². The molecule has 0 unspecified atom stereocenters. The number of sulfonamides is 1. The number of carbonyl (C=O) groups excluding carboxylic acids is 3. The molecular weight excluding hydrogens is 737 g/mol. The van der Waals surface area contributed by atoms with Crippen LogP contribution in [0.2, 0.25) is 10.0 Å². The Balaban J connectivity index is 1.23. The van der Waals surface area contributed by atoms with Crippen molar-refractivity contribution in [3.8, 4) is 0 Å². The third-order valence-electron chi connectivity index (χ3n) is 9.56. The SMILES string of the molecule is CCN([C@H]1CC[C@H](C(=O)OC)CC1)S(=O)(=O)c1cccc(C(=O)Nc2cc(Cl)c(Cl)cc2CNc2ccc(CCc3ccc(C(=O)OC)cc3)cc2)c1. The minimum atomic E-state index is -3.94. The van der Waals surface area contributed by atoms with Gasteiger partial charge in [0.25, 0.3) is 5.91 Å². The van der Waals surface area contributed by atoms with Crippen LogP contribution in [0.15, 0.2) is 89.8 Å². The lowest BCUT2D eigenvalue weighted by atomic mass is 9.86. The number of anilines is 2. The molecule has 1 amide bonds. The summed E-state index contributed by atoms with van der Waals surface area (Å²) < 4.78 is 38.8. The van der Waals surface area contributed by atoms with Gasteiger partial charge in [0.2, 0.25) is 10.0 Å². The molecule has 53 heavy (non-hydrogen) atoms. The smallest absolute Gasteiger partial charge is 0.337 e. The average molecular weight is 781 g/mol. The van der Waals surface area contributed by atoms with Gasteiger partial charge in [-0.25, -0.2) is 13.2 Å². The Labute approximate surface area is 320 Å². The second-order valence-corrected chi connectivity index (χ2v) is 15.6. The highest BCUT2D eigenvalue weighted by atomic mass is 35.5. The Hall–Kier alpha value is -4.42. The van der Waals surface area contributed by atoms with Gasteiger partial charge < -0.3 is 20.1 Å². The molecule has 0 radical (unpaired) electrons. The molecule has 4 aromatic rings. The van der Waals surface area contributed by atoms with E-state index in [-0.39, 0.29) is 45.9 Å². The maximum absolute atomic E-state index is 13.8. The highest BCUT2D eigenvalue weighted by Crippen LogP contribution is 2.33. The van der Waals surface area contributed by atoms with E-state index in [1.54, 1.807) is 43.3 Å². The van der Waals surface area contributed by atoms with Gasteiger partial charge in [0.15, 0.2) is 0 Å². The topological polar surface area (TPSA) is 131 Å². The van der Waals surface area contributed by atoms with Crippen LogP contribution < -0.4 is 10.6 Å². The number of rotatable bonds is 14. The summed E-state index contributed by atoms with van der Waals surface area (Å²) in [5.74, 6) is -1.36. The lowest BCUT2D eigenvalue weighted by Gasteiger charge is -2.34. The summed E-state index contributed by atoms with van der Waals surface area (Å²) in [6.45, 7) is 2.35. The number of benzene rings is 4. The molecule has 0 bridgehead atoms. The molecule has 1 fully saturated rings. The molecule has 2 N–H and O–H groups in total. The fourth-order valence-electron chi connectivity index (χ4n) is 6.57. The molecule has 5 rings (SSSR count). The number of ether oxygens (including phenoxy) is 2. The first-order valence-electron chi connectivity index (χ1n) is 17.4. The first-order chi connectivity index (χ1) is 25.4. The van der Waals surface area contributed by atoms with E-state index < -0.39 is 15.9 Å². The van der Waals surface area contributed by atoms with Gasteiger partial charge in [-0.05, 0) is 110 Å². The number of hydrogen-bond donors (Lipinski definition) is 2. The normalized spacial score (nSPS) is 15.8. The van der Waals surface area contributed by atoms with Crippen molar-refractivity contribution in [1.82, 2.24) is 4.31 Å². The molecule has 4 aromatic carbocycles. The van der Waals surface area contributed by atoms with Gasteiger partial charge in [0, 0.05) is 36.1 Å². The van der Waals surface area contributed by atoms with Crippen molar-refractivity contribution in [3.05, 3.63) is 123 Å². The van der Waals surface area contributed by atoms with Crippen molar-refractivity contribution in [1.29, 1.82) is 0 Å². The van der Waals surface area contributed by atoms with E-state index >= 15 is 0 Å². The quantitative estimate of drug-likeness (QED) is 0.123. The molecule has 13 heteroatoms. The predicted molar refractivity (Wildman–Crippen MR) is 207 cm³/mol. The van der Waals surface area contributed by atoms with Gasteiger partial charge in [0.1, 0.15) is 0 Å². The summed E-state index contributed by atoms with van der Waals surface area (Å²) in [6, 6.07) is 24.4. The molecule has 10 nitrogen and oxygen atoms in total. The van der Waals surface area contributed by atoms with Gasteiger partial charge in [0.05, 0.1) is 40.6 Å². The fraction of sp³-hybridized carbons (Fsp3) is 0.325. The number of aryl methyl sites for hydroxylation is 2. The number of hydrogen-bond acceptors (Lipinski definition) is 8. The lowest BCUT2D eigenvalue weighted by Crippen LogP contribution is -2.43. The van der Waals surface area contributed by atoms with Crippen LogP contribution in [-0.2, 0) is 43.7 Å². The third-order valence-corrected chi connectivity index (χ3v) is 12.3. The summed E-state index contributed by atoms with van der Waals surface area (Å²) >= 11 is 12.7. The number of methoxy groups -OCH3 is 2. The second-order valence-electron chi connectivity index (χ2n) is 12.9. The Morgan fingerprint density at radius 3 is 2.02 bits per heavy atom. The Kier molecular flexibility index (Phi) is 13.6. The lowest BCUT2D eigenvalue weighted by molar-refractivity contribution is -0.146. The maximum Gasteiger partial charge on any atom is 0.337 e. The molecule has 1 saturated carbocycles. The van der Waals surface area contributed by atoms with Crippen molar-refractivity contribution >= 4 is 62.4 Å². The highest BCUT2D eigenvalue weighted by molar-refractivity contribution is 7.89. The molecule has 1 aliphatic carbocycles. The Morgan fingerprint density at radius 1 is 0.792 bits per heavy atom. The van der Waals surface area contributed by atoms with E-state index in [1.165, 1.54) is 30.7 Å². The molecule has 0 heterocycles. The summed E-state index contributed by atoms with van der Waals surface area (Å²) in [7, 11) is -1.21. The standard InChI is InChI=1S/C40H43Cl2N3O7S/c1-4-45(33-20-16-29(17-21-33)40(48)52-3)53(49,50)34-7-5-6-30(22-34)38(46)44-37-24-36(42)35(41)23-31(37)25-43-32-18-12-27(13-19-32)9-8-26-10-14-28(15-11-26)39(47)51-2/h5-7,10-15,18-19,22-24,29,33,43H,4,8-9,16-17,20-21,25H2,1-3H3,(H,44,46)/t29-,33-.